The lowest BCUT2D eigenvalue weighted by Gasteiger charge is -2.33. The van der Waals surface area contributed by atoms with Gasteiger partial charge in [0.2, 0.25) is 0 Å². The monoisotopic (exact) mass is 200 g/mol. The fourth-order valence-corrected chi connectivity index (χ4v) is 2.00. The van der Waals surface area contributed by atoms with Gasteiger partial charge in [0.1, 0.15) is 0 Å². The molecule has 0 heterocycles. The molecule has 0 radical (unpaired) electrons. The molecule has 14 heavy (non-hydrogen) atoms. The molecule has 0 saturated carbocycles. The third kappa shape index (κ3) is 3.61. The number of rotatable bonds is 5. The van der Waals surface area contributed by atoms with Crippen molar-refractivity contribution in [3.63, 3.8) is 0 Å². The van der Waals surface area contributed by atoms with Crippen molar-refractivity contribution in [2.24, 2.45) is 29.6 Å². The maximum absolute atomic E-state index is 10.00. The molecule has 0 aliphatic heterocycles. The molecular weight excluding hydrogens is 172 g/mol. The Labute approximate surface area is 89.9 Å². The van der Waals surface area contributed by atoms with Gasteiger partial charge < -0.3 is 5.11 Å². The summed E-state index contributed by atoms with van der Waals surface area (Å²) in [5.41, 5.74) is 0. The van der Waals surface area contributed by atoms with Crippen molar-refractivity contribution >= 4 is 0 Å². The average Bonchev–Trinajstić information content (AvgIpc) is 2.12. The highest BCUT2D eigenvalue weighted by atomic mass is 16.3. The van der Waals surface area contributed by atoms with E-state index < -0.39 is 0 Å². The van der Waals surface area contributed by atoms with Gasteiger partial charge in [0.25, 0.3) is 0 Å². The van der Waals surface area contributed by atoms with E-state index in [1.165, 1.54) is 0 Å². The fraction of sp³-hybridized carbons (Fsp3) is 1.00. The van der Waals surface area contributed by atoms with Gasteiger partial charge in [-0.25, -0.2) is 0 Å². The molecule has 0 aliphatic carbocycles. The molecule has 0 aromatic heterocycles. The standard InChI is InChI=1S/C13H28O/c1-8(2)10(5)11(6)12(7)13(14)9(3)4/h8-14H,1-7H3. The topological polar surface area (TPSA) is 20.2 Å². The van der Waals surface area contributed by atoms with Crippen LogP contribution >= 0.6 is 0 Å². The summed E-state index contributed by atoms with van der Waals surface area (Å²) in [6.07, 6.45) is -0.161. The first-order valence-electron chi connectivity index (χ1n) is 5.97. The Bertz CT molecular complexity index is 133. The summed E-state index contributed by atoms with van der Waals surface area (Å²) >= 11 is 0. The fourth-order valence-electron chi connectivity index (χ4n) is 2.00. The first-order chi connectivity index (χ1) is 6.29. The maximum Gasteiger partial charge on any atom is 0.0591 e. The van der Waals surface area contributed by atoms with Crippen molar-refractivity contribution in [3.05, 3.63) is 0 Å². The van der Waals surface area contributed by atoms with E-state index in [1.54, 1.807) is 0 Å². The van der Waals surface area contributed by atoms with Crippen LogP contribution in [0.3, 0.4) is 0 Å². The molecule has 0 aromatic carbocycles. The van der Waals surface area contributed by atoms with E-state index in [0.29, 0.717) is 29.6 Å². The average molecular weight is 200 g/mol. The van der Waals surface area contributed by atoms with Crippen LogP contribution in [0.15, 0.2) is 0 Å². The molecule has 1 N–H and O–H groups in total. The van der Waals surface area contributed by atoms with Crippen LogP contribution in [0.5, 0.6) is 0 Å². The van der Waals surface area contributed by atoms with Gasteiger partial charge in [0.15, 0.2) is 0 Å². The van der Waals surface area contributed by atoms with E-state index in [-0.39, 0.29) is 6.10 Å². The highest BCUT2D eigenvalue weighted by molar-refractivity contribution is 4.77. The number of aliphatic hydroxyl groups is 1. The van der Waals surface area contributed by atoms with Gasteiger partial charge in [-0.1, -0.05) is 48.5 Å². The first-order valence-corrected chi connectivity index (χ1v) is 5.97. The SMILES string of the molecule is CC(C)C(C)C(C)C(C)C(O)C(C)C. The summed E-state index contributed by atoms with van der Waals surface area (Å²) in [5.74, 6) is 2.73. The highest BCUT2D eigenvalue weighted by Gasteiger charge is 2.27. The molecule has 4 atom stereocenters. The van der Waals surface area contributed by atoms with Gasteiger partial charge in [0.05, 0.1) is 6.10 Å². The van der Waals surface area contributed by atoms with Gasteiger partial charge in [-0.3, -0.25) is 0 Å². The molecule has 4 unspecified atom stereocenters. The van der Waals surface area contributed by atoms with E-state index in [4.69, 9.17) is 0 Å². The second-order valence-corrected chi connectivity index (χ2v) is 5.56. The predicted molar refractivity (Wildman–Crippen MR) is 63.2 cm³/mol. The van der Waals surface area contributed by atoms with Gasteiger partial charge >= 0.3 is 0 Å². The summed E-state index contributed by atoms with van der Waals surface area (Å²) in [6, 6.07) is 0. The van der Waals surface area contributed by atoms with Gasteiger partial charge in [-0.05, 0) is 29.6 Å². The van der Waals surface area contributed by atoms with Crippen LogP contribution in [0.1, 0.15) is 48.5 Å². The second kappa shape index (κ2) is 5.75. The molecular formula is C13H28O. The lowest BCUT2D eigenvalue weighted by atomic mass is 9.75. The Morgan fingerprint density at radius 3 is 1.29 bits per heavy atom. The van der Waals surface area contributed by atoms with E-state index >= 15 is 0 Å². The largest absolute Gasteiger partial charge is 0.393 e. The van der Waals surface area contributed by atoms with Crippen LogP contribution in [0.25, 0.3) is 0 Å². The zero-order chi connectivity index (χ0) is 11.5. The van der Waals surface area contributed by atoms with E-state index in [2.05, 4.69) is 48.5 Å². The van der Waals surface area contributed by atoms with Crippen LogP contribution < -0.4 is 0 Å². The first kappa shape index (κ1) is 14.0. The van der Waals surface area contributed by atoms with Crippen molar-refractivity contribution in [2.75, 3.05) is 0 Å². The van der Waals surface area contributed by atoms with Crippen molar-refractivity contribution in [1.82, 2.24) is 0 Å². The third-order valence-electron chi connectivity index (χ3n) is 3.93. The quantitative estimate of drug-likeness (QED) is 0.719. The molecule has 0 saturated heterocycles. The maximum atomic E-state index is 10.00. The summed E-state index contributed by atoms with van der Waals surface area (Å²) in [4.78, 5) is 0. The van der Waals surface area contributed by atoms with E-state index in [0.717, 1.165) is 0 Å². The zero-order valence-corrected chi connectivity index (χ0v) is 10.9. The lowest BCUT2D eigenvalue weighted by molar-refractivity contribution is 0.0285. The number of aliphatic hydroxyl groups excluding tert-OH is 1. The second-order valence-electron chi connectivity index (χ2n) is 5.56. The molecule has 1 nitrogen and oxygen atoms in total. The normalized spacial score (nSPS) is 21.0. The van der Waals surface area contributed by atoms with Gasteiger partial charge in [-0.15, -0.1) is 0 Å². The van der Waals surface area contributed by atoms with Crippen molar-refractivity contribution in [1.29, 1.82) is 0 Å². The van der Waals surface area contributed by atoms with Crippen LogP contribution in [0.2, 0.25) is 0 Å². The Balaban J connectivity index is 4.30. The summed E-state index contributed by atoms with van der Waals surface area (Å²) in [5, 5.41) is 10.00. The molecule has 1 heteroatoms. The molecule has 0 aromatic rings. The minimum atomic E-state index is -0.161. The van der Waals surface area contributed by atoms with Crippen LogP contribution in [0.4, 0.5) is 0 Å². The third-order valence-corrected chi connectivity index (χ3v) is 3.93. The summed E-state index contributed by atoms with van der Waals surface area (Å²) in [6.45, 7) is 15.4. The van der Waals surface area contributed by atoms with Gasteiger partial charge in [0, 0.05) is 0 Å². The molecule has 0 rings (SSSR count). The minimum absolute atomic E-state index is 0.161. The van der Waals surface area contributed by atoms with Crippen LogP contribution in [0, 0.1) is 29.6 Å². The van der Waals surface area contributed by atoms with Crippen molar-refractivity contribution < 1.29 is 5.11 Å². The Morgan fingerprint density at radius 2 is 1.00 bits per heavy atom. The Kier molecular flexibility index (Phi) is 5.73. The smallest absolute Gasteiger partial charge is 0.0591 e. The van der Waals surface area contributed by atoms with Crippen molar-refractivity contribution in [2.45, 2.75) is 54.6 Å². The van der Waals surface area contributed by atoms with E-state index in [9.17, 15) is 5.11 Å². The van der Waals surface area contributed by atoms with Crippen molar-refractivity contribution in [3.8, 4) is 0 Å². The van der Waals surface area contributed by atoms with Crippen LogP contribution in [-0.2, 0) is 0 Å². The number of hydrogen-bond donors (Lipinski definition) is 1. The molecule has 0 fully saturated rings. The number of hydrogen-bond acceptors (Lipinski definition) is 1. The summed E-state index contributed by atoms with van der Waals surface area (Å²) in [7, 11) is 0. The van der Waals surface area contributed by atoms with Gasteiger partial charge in [-0.2, -0.15) is 0 Å². The molecule has 0 amide bonds. The zero-order valence-electron chi connectivity index (χ0n) is 10.9. The lowest BCUT2D eigenvalue weighted by Crippen LogP contribution is -2.32. The van der Waals surface area contributed by atoms with Crippen LogP contribution in [-0.4, -0.2) is 11.2 Å². The summed E-state index contributed by atoms with van der Waals surface area (Å²) < 4.78 is 0. The predicted octanol–water partition coefficient (Wildman–Crippen LogP) is 3.57. The Morgan fingerprint density at radius 1 is 0.571 bits per heavy atom. The van der Waals surface area contributed by atoms with E-state index in [1.807, 2.05) is 0 Å². The molecule has 86 valence electrons. The molecule has 0 bridgehead atoms. The Hall–Kier alpha value is -0.0400. The molecule has 0 spiro atoms. The molecule has 0 aliphatic rings. The highest BCUT2D eigenvalue weighted by Crippen LogP contribution is 2.30. The minimum Gasteiger partial charge on any atom is -0.393 e.